The van der Waals surface area contributed by atoms with E-state index < -0.39 is 20.0 Å². The van der Waals surface area contributed by atoms with Crippen LogP contribution in [0.15, 0.2) is 48.6 Å². The van der Waals surface area contributed by atoms with Crippen LogP contribution in [0.1, 0.15) is 194 Å². The van der Waals surface area contributed by atoms with E-state index in [-0.39, 0.29) is 19.1 Å². The minimum absolute atomic E-state index is 0.0510. The largest absolute Gasteiger partial charge is 0.472 e. The van der Waals surface area contributed by atoms with Crippen LogP contribution in [0.5, 0.6) is 0 Å². The molecule has 56 heavy (non-hydrogen) atoms. The van der Waals surface area contributed by atoms with Gasteiger partial charge in [-0.05, 0) is 70.6 Å². The monoisotopic (exact) mass is 810 g/mol. The summed E-state index contributed by atoms with van der Waals surface area (Å²) in [6.45, 7) is 4.76. The molecule has 0 fully saturated rings. The maximum absolute atomic E-state index is 12.9. The number of carbonyl (C=O) groups is 1. The Morgan fingerprint density at radius 3 is 1.43 bits per heavy atom. The van der Waals surface area contributed by atoms with Crippen molar-refractivity contribution in [3.63, 3.8) is 0 Å². The molecule has 0 bridgehead atoms. The van der Waals surface area contributed by atoms with Gasteiger partial charge in [0.05, 0.1) is 39.9 Å². The van der Waals surface area contributed by atoms with Gasteiger partial charge in [-0.2, -0.15) is 0 Å². The maximum Gasteiger partial charge on any atom is 0.472 e. The summed E-state index contributed by atoms with van der Waals surface area (Å²) < 4.78 is 23.5. The van der Waals surface area contributed by atoms with Crippen molar-refractivity contribution in [1.29, 1.82) is 0 Å². The van der Waals surface area contributed by atoms with Crippen molar-refractivity contribution < 1.29 is 32.9 Å². The highest BCUT2D eigenvalue weighted by Gasteiger charge is 2.27. The van der Waals surface area contributed by atoms with E-state index >= 15 is 0 Å². The van der Waals surface area contributed by atoms with Gasteiger partial charge in [0.1, 0.15) is 13.2 Å². The van der Waals surface area contributed by atoms with Gasteiger partial charge in [0.25, 0.3) is 0 Å². The molecule has 0 aliphatic rings. The van der Waals surface area contributed by atoms with Crippen molar-refractivity contribution in [2.24, 2.45) is 0 Å². The number of aliphatic hydroxyl groups is 1. The molecule has 0 saturated carbocycles. The van der Waals surface area contributed by atoms with Crippen LogP contribution in [-0.2, 0) is 18.4 Å². The number of phosphoric ester groups is 1. The van der Waals surface area contributed by atoms with Gasteiger partial charge in [0.15, 0.2) is 0 Å². The summed E-state index contributed by atoms with van der Waals surface area (Å²) in [5, 5.41) is 13.8. The van der Waals surface area contributed by atoms with Crippen LogP contribution < -0.4 is 5.32 Å². The van der Waals surface area contributed by atoms with Crippen LogP contribution >= 0.6 is 7.82 Å². The summed E-state index contributed by atoms with van der Waals surface area (Å²) in [6, 6.07) is -0.873. The van der Waals surface area contributed by atoms with Crippen molar-refractivity contribution in [1.82, 2.24) is 5.32 Å². The number of hydrogen-bond donors (Lipinski definition) is 3. The summed E-state index contributed by atoms with van der Waals surface area (Å²) in [4.78, 5) is 23.1. The van der Waals surface area contributed by atoms with Gasteiger partial charge >= 0.3 is 7.82 Å². The second kappa shape index (κ2) is 38.9. The van der Waals surface area contributed by atoms with Crippen LogP contribution in [0.25, 0.3) is 0 Å². The fourth-order valence-electron chi connectivity index (χ4n) is 6.30. The third-order valence-electron chi connectivity index (χ3n) is 10.00. The molecule has 0 aliphatic heterocycles. The van der Waals surface area contributed by atoms with Gasteiger partial charge in [-0.3, -0.25) is 13.8 Å². The van der Waals surface area contributed by atoms with E-state index in [1.54, 1.807) is 6.08 Å². The molecule has 0 saturated heterocycles. The molecule has 3 atom stereocenters. The topological polar surface area (TPSA) is 105 Å². The van der Waals surface area contributed by atoms with Gasteiger partial charge in [-0.25, -0.2) is 4.57 Å². The second-order valence-corrected chi connectivity index (χ2v) is 18.2. The molecule has 0 rings (SSSR count). The van der Waals surface area contributed by atoms with E-state index in [2.05, 4.69) is 55.6 Å². The van der Waals surface area contributed by atoms with Crippen molar-refractivity contribution in [2.75, 3.05) is 40.9 Å². The Kier molecular flexibility index (Phi) is 37.9. The molecule has 0 aliphatic carbocycles. The molecule has 0 radical (unpaired) electrons. The van der Waals surface area contributed by atoms with Crippen LogP contribution in [0, 0.1) is 0 Å². The summed E-state index contributed by atoms with van der Waals surface area (Å²) in [5.41, 5.74) is 0. The third-order valence-corrected chi connectivity index (χ3v) is 11.0. The average molecular weight is 810 g/mol. The Labute approximate surface area is 346 Å². The first-order chi connectivity index (χ1) is 27.0. The lowest BCUT2D eigenvalue weighted by atomic mass is 10.1. The predicted molar refractivity (Wildman–Crippen MR) is 240 cm³/mol. The van der Waals surface area contributed by atoms with Crippen LogP contribution in [0.3, 0.4) is 0 Å². The summed E-state index contributed by atoms with van der Waals surface area (Å²) >= 11 is 0. The number of quaternary nitrogens is 1. The van der Waals surface area contributed by atoms with E-state index in [9.17, 15) is 19.4 Å². The van der Waals surface area contributed by atoms with Gasteiger partial charge in [-0.1, -0.05) is 165 Å². The lowest BCUT2D eigenvalue weighted by molar-refractivity contribution is -0.870. The Hall–Kier alpha value is -1.54. The number of carbonyl (C=O) groups excluding carboxylic acids is 1. The van der Waals surface area contributed by atoms with Crippen molar-refractivity contribution in [3.05, 3.63) is 48.6 Å². The molecule has 328 valence electrons. The van der Waals surface area contributed by atoms with Gasteiger partial charge in [0.2, 0.25) is 5.91 Å². The first-order valence-electron chi connectivity index (χ1n) is 23.0. The number of amides is 1. The number of nitrogens with one attached hydrogen (secondary N) is 1. The number of phosphoric acid groups is 1. The molecule has 1 amide bonds. The van der Waals surface area contributed by atoms with Crippen molar-refractivity contribution in [2.45, 2.75) is 206 Å². The Balaban J connectivity index is 4.51. The fraction of sp³-hybridized carbons (Fsp3) is 0.809. The summed E-state index contributed by atoms with van der Waals surface area (Å²) in [7, 11) is 1.54. The number of hydrogen-bond acceptors (Lipinski definition) is 5. The van der Waals surface area contributed by atoms with Gasteiger partial charge in [0, 0.05) is 6.42 Å². The maximum atomic E-state index is 12.9. The van der Waals surface area contributed by atoms with Crippen molar-refractivity contribution in [3.8, 4) is 0 Å². The van der Waals surface area contributed by atoms with Gasteiger partial charge in [-0.15, -0.1) is 0 Å². The highest BCUT2D eigenvalue weighted by Crippen LogP contribution is 2.43. The molecule has 0 spiro atoms. The predicted octanol–water partition coefficient (Wildman–Crippen LogP) is 12.9. The molecule has 3 N–H and O–H groups in total. The number of nitrogens with zero attached hydrogens (tertiary/aromatic N) is 1. The molecule has 0 aromatic carbocycles. The minimum Gasteiger partial charge on any atom is -0.387 e. The summed E-state index contributed by atoms with van der Waals surface area (Å²) in [5.74, 6) is -0.201. The second-order valence-electron chi connectivity index (χ2n) is 16.8. The Morgan fingerprint density at radius 1 is 0.589 bits per heavy atom. The van der Waals surface area contributed by atoms with E-state index in [1.165, 1.54) is 116 Å². The Morgan fingerprint density at radius 2 is 0.982 bits per heavy atom. The highest BCUT2D eigenvalue weighted by molar-refractivity contribution is 7.47. The van der Waals surface area contributed by atoms with E-state index in [0.29, 0.717) is 17.4 Å². The molecule has 3 unspecified atom stereocenters. The number of unbranched alkanes of at least 4 members (excludes halogenated alkanes) is 22. The van der Waals surface area contributed by atoms with Crippen LogP contribution in [0.2, 0.25) is 0 Å². The third kappa shape index (κ3) is 40.6. The van der Waals surface area contributed by atoms with Crippen LogP contribution in [-0.4, -0.2) is 73.4 Å². The molecule has 0 aromatic heterocycles. The zero-order valence-electron chi connectivity index (χ0n) is 37.1. The molecule has 9 heteroatoms. The number of rotatable bonds is 41. The zero-order valence-corrected chi connectivity index (χ0v) is 38.0. The molecule has 0 heterocycles. The summed E-state index contributed by atoms with van der Waals surface area (Å²) in [6.07, 6.45) is 49.0. The Bertz CT molecular complexity index is 1050. The van der Waals surface area contributed by atoms with E-state index in [1.807, 2.05) is 27.2 Å². The van der Waals surface area contributed by atoms with Crippen LogP contribution in [0.4, 0.5) is 0 Å². The van der Waals surface area contributed by atoms with E-state index in [4.69, 9.17) is 9.05 Å². The van der Waals surface area contributed by atoms with Crippen molar-refractivity contribution >= 4 is 13.7 Å². The van der Waals surface area contributed by atoms with Gasteiger partial charge < -0.3 is 19.8 Å². The SMILES string of the molecule is CCCCCCCCC/C=C\CCCCCCCC(=O)NC(COP(=O)(O)OCC[N+](C)(C)C)C(O)/C=C/CC/C=C/CC/C=C/CCCCCCCCCC. The fourth-order valence-corrected chi connectivity index (χ4v) is 7.04. The average Bonchev–Trinajstić information content (AvgIpc) is 3.15. The first-order valence-corrected chi connectivity index (χ1v) is 24.5. The molecule has 0 aromatic rings. The molecular formula is C47H90N2O6P+. The highest BCUT2D eigenvalue weighted by atomic mass is 31.2. The zero-order chi connectivity index (χ0) is 41.4. The van der Waals surface area contributed by atoms with E-state index in [0.717, 1.165) is 57.8 Å². The smallest absolute Gasteiger partial charge is 0.387 e. The lowest BCUT2D eigenvalue weighted by Gasteiger charge is -2.25. The number of likely N-dealkylation sites (N-methyl/N-ethyl adjacent to an activating group) is 1. The normalized spacial score (nSPS) is 14.8. The molecule has 8 nitrogen and oxygen atoms in total. The lowest BCUT2D eigenvalue weighted by Crippen LogP contribution is -2.45. The quantitative estimate of drug-likeness (QED) is 0.0246. The number of aliphatic hydroxyl groups excluding tert-OH is 1. The first kappa shape index (κ1) is 54.5. The standard InChI is InChI=1S/C47H89N2O6P/c1-6-8-10-12-14-16-18-20-22-24-25-26-28-30-32-34-36-38-40-46(50)45(44-55-56(52,53)54-43-42-49(3,4)5)48-47(51)41-39-37-35-33-31-29-27-23-21-19-17-15-13-11-9-7-2/h23-25,27,30,32,38,40,45-46,50H,6-22,26,28-29,31,33-37,39,41-44H2,1-5H3,(H-,48,51,52,53)/p+1/b25-24+,27-23-,32-30+,40-38+. The number of allylic oxidation sites excluding steroid dienone is 7. The molecular weight excluding hydrogens is 719 g/mol. The minimum atomic E-state index is -4.35.